The number of benzene rings is 3. The van der Waals surface area contributed by atoms with Gasteiger partial charge in [-0.1, -0.05) is 59.3 Å². The summed E-state index contributed by atoms with van der Waals surface area (Å²) >= 11 is 3.60. The third kappa shape index (κ3) is 1.53. The van der Waals surface area contributed by atoms with Crippen molar-refractivity contribution in [3.63, 3.8) is 0 Å². The maximum atomic E-state index is 3.60. The second kappa shape index (κ2) is 4.20. The van der Waals surface area contributed by atoms with E-state index in [1.807, 2.05) is 0 Å². The molecule has 0 aromatic heterocycles. The molecule has 0 saturated carbocycles. The zero-order valence-corrected chi connectivity index (χ0v) is 13.2. The molecular formula is C19H15Br. The van der Waals surface area contributed by atoms with Gasteiger partial charge in [-0.15, -0.1) is 0 Å². The Balaban J connectivity index is 2.15. The Labute approximate surface area is 127 Å². The molecule has 1 atom stereocenters. The van der Waals surface area contributed by atoms with E-state index in [4.69, 9.17) is 0 Å². The first kappa shape index (κ1) is 12.2. The highest BCUT2D eigenvalue weighted by Gasteiger charge is 2.27. The first-order valence-corrected chi connectivity index (χ1v) is 7.78. The summed E-state index contributed by atoms with van der Waals surface area (Å²) < 4.78 is 1.16. The maximum absolute atomic E-state index is 3.60. The maximum Gasteiger partial charge on any atom is 0.0178 e. The van der Waals surface area contributed by atoms with Crippen LogP contribution in [-0.2, 0) is 0 Å². The Hall–Kier alpha value is -1.60. The van der Waals surface area contributed by atoms with Gasteiger partial charge in [-0.3, -0.25) is 0 Å². The Kier molecular flexibility index (Phi) is 2.55. The van der Waals surface area contributed by atoms with Crippen LogP contribution < -0.4 is 0 Å². The molecule has 20 heavy (non-hydrogen) atoms. The predicted octanol–water partition coefficient (Wildman–Crippen LogP) is 6.04. The molecule has 0 radical (unpaired) electrons. The molecule has 1 aliphatic rings. The van der Waals surface area contributed by atoms with Crippen LogP contribution in [0.2, 0.25) is 0 Å². The van der Waals surface area contributed by atoms with Crippen molar-refractivity contribution in [2.24, 2.45) is 0 Å². The van der Waals surface area contributed by atoms with Crippen LogP contribution in [0.15, 0.2) is 53.0 Å². The van der Waals surface area contributed by atoms with Crippen molar-refractivity contribution in [1.29, 1.82) is 0 Å². The molecule has 98 valence electrons. The summed E-state index contributed by atoms with van der Waals surface area (Å²) in [5, 5.41) is 2.78. The number of hydrogen-bond donors (Lipinski definition) is 0. The van der Waals surface area contributed by atoms with Crippen molar-refractivity contribution >= 4 is 26.7 Å². The van der Waals surface area contributed by atoms with Gasteiger partial charge < -0.3 is 0 Å². The molecule has 0 bridgehead atoms. The van der Waals surface area contributed by atoms with Gasteiger partial charge in [0.2, 0.25) is 0 Å². The summed E-state index contributed by atoms with van der Waals surface area (Å²) in [6, 6.07) is 17.8. The molecule has 3 aromatic rings. The van der Waals surface area contributed by atoms with Gasteiger partial charge in [0.15, 0.2) is 0 Å². The fourth-order valence-corrected chi connectivity index (χ4v) is 3.94. The molecule has 0 unspecified atom stereocenters. The largest absolute Gasteiger partial charge is 0.0616 e. The predicted molar refractivity (Wildman–Crippen MR) is 89.3 cm³/mol. The minimum atomic E-state index is 0.461. The van der Waals surface area contributed by atoms with Gasteiger partial charge in [0, 0.05) is 10.4 Å². The molecule has 0 heterocycles. The van der Waals surface area contributed by atoms with E-state index < -0.39 is 0 Å². The second-order valence-electron chi connectivity index (χ2n) is 5.65. The molecule has 1 aliphatic carbocycles. The van der Waals surface area contributed by atoms with Crippen molar-refractivity contribution in [2.75, 3.05) is 0 Å². The third-order valence-corrected chi connectivity index (χ3v) is 4.99. The molecule has 0 saturated heterocycles. The van der Waals surface area contributed by atoms with Crippen LogP contribution in [0.3, 0.4) is 0 Å². The highest BCUT2D eigenvalue weighted by Crippen LogP contribution is 2.48. The van der Waals surface area contributed by atoms with Gasteiger partial charge >= 0.3 is 0 Å². The van der Waals surface area contributed by atoms with Crippen LogP contribution >= 0.6 is 15.9 Å². The van der Waals surface area contributed by atoms with Gasteiger partial charge in [0.05, 0.1) is 0 Å². The zero-order valence-electron chi connectivity index (χ0n) is 11.6. The van der Waals surface area contributed by atoms with Crippen LogP contribution in [0.4, 0.5) is 0 Å². The van der Waals surface area contributed by atoms with Gasteiger partial charge in [-0.2, -0.15) is 0 Å². The minimum absolute atomic E-state index is 0.461. The fourth-order valence-electron chi connectivity index (χ4n) is 3.56. The first-order valence-electron chi connectivity index (χ1n) is 6.99. The molecule has 0 N–H and O–H groups in total. The molecule has 3 aromatic carbocycles. The second-order valence-corrected chi connectivity index (χ2v) is 6.57. The van der Waals surface area contributed by atoms with E-state index in [9.17, 15) is 0 Å². The number of hydrogen-bond acceptors (Lipinski definition) is 0. The number of fused-ring (bicyclic) bond motifs is 5. The summed E-state index contributed by atoms with van der Waals surface area (Å²) in [5.74, 6) is 0.461. The van der Waals surface area contributed by atoms with Crippen molar-refractivity contribution in [1.82, 2.24) is 0 Å². The SMILES string of the molecule is Cc1cc2c(c3ccccc13)[C@H](C)c1cc(Br)ccc1-2. The average molecular weight is 323 g/mol. The van der Waals surface area contributed by atoms with E-state index in [-0.39, 0.29) is 0 Å². The van der Waals surface area contributed by atoms with Gasteiger partial charge in [0.1, 0.15) is 0 Å². The average Bonchev–Trinajstić information content (AvgIpc) is 2.72. The minimum Gasteiger partial charge on any atom is -0.0616 e. The molecule has 0 fully saturated rings. The summed E-state index contributed by atoms with van der Waals surface area (Å²) in [5.41, 5.74) is 7.09. The van der Waals surface area contributed by atoms with E-state index in [1.54, 1.807) is 0 Å². The quantitative estimate of drug-likeness (QED) is 0.473. The fraction of sp³-hybridized carbons (Fsp3) is 0.158. The lowest BCUT2D eigenvalue weighted by Gasteiger charge is -2.12. The highest BCUT2D eigenvalue weighted by atomic mass is 79.9. The first-order chi connectivity index (χ1) is 9.66. The molecular weight excluding hydrogens is 308 g/mol. The number of rotatable bonds is 0. The third-order valence-electron chi connectivity index (χ3n) is 4.50. The lowest BCUT2D eigenvalue weighted by Crippen LogP contribution is -1.92. The number of aryl methyl sites for hydroxylation is 1. The van der Waals surface area contributed by atoms with E-state index in [0.29, 0.717) is 5.92 Å². The van der Waals surface area contributed by atoms with Crippen LogP contribution in [0.25, 0.3) is 21.9 Å². The van der Waals surface area contributed by atoms with Crippen LogP contribution in [0, 0.1) is 6.92 Å². The van der Waals surface area contributed by atoms with Gasteiger partial charge in [0.25, 0.3) is 0 Å². The normalized spacial score (nSPS) is 16.2. The van der Waals surface area contributed by atoms with Crippen LogP contribution in [-0.4, -0.2) is 0 Å². The molecule has 0 amide bonds. The van der Waals surface area contributed by atoms with E-state index in [0.717, 1.165) is 4.47 Å². The van der Waals surface area contributed by atoms with E-state index in [2.05, 4.69) is 78.3 Å². The summed E-state index contributed by atoms with van der Waals surface area (Å²) in [6.07, 6.45) is 0. The van der Waals surface area contributed by atoms with Gasteiger partial charge in [-0.25, -0.2) is 0 Å². The smallest absolute Gasteiger partial charge is 0.0178 e. The highest BCUT2D eigenvalue weighted by molar-refractivity contribution is 9.10. The Bertz CT molecular complexity index is 846. The zero-order chi connectivity index (χ0) is 13.9. The standard InChI is InChI=1S/C19H15Br/c1-11-9-18-15-8-7-13(20)10-17(15)12(2)19(18)16-6-4-3-5-14(11)16/h3-10,12H,1-2H3/t12-/m1/s1. The lowest BCUT2D eigenvalue weighted by molar-refractivity contribution is 0.965. The molecule has 0 spiro atoms. The van der Waals surface area contributed by atoms with Crippen molar-refractivity contribution in [3.8, 4) is 11.1 Å². The molecule has 0 aliphatic heterocycles. The monoisotopic (exact) mass is 322 g/mol. The van der Waals surface area contributed by atoms with Crippen LogP contribution in [0.5, 0.6) is 0 Å². The van der Waals surface area contributed by atoms with Crippen molar-refractivity contribution in [2.45, 2.75) is 19.8 Å². The topological polar surface area (TPSA) is 0 Å². The van der Waals surface area contributed by atoms with Gasteiger partial charge in [-0.05, 0) is 57.6 Å². The molecule has 0 nitrogen and oxygen atoms in total. The van der Waals surface area contributed by atoms with E-state index >= 15 is 0 Å². The Morgan fingerprint density at radius 3 is 2.45 bits per heavy atom. The molecule has 1 heteroatoms. The van der Waals surface area contributed by atoms with E-state index in [1.165, 1.54) is 38.6 Å². The molecule has 4 rings (SSSR count). The Morgan fingerprint density at radius 2 is 1.65 bits per heavy atom. The van der Waals surface area contributed by atoms with Crippen LogP contribution in [0.1, 0.15) is 29.5 Å². The Morgan fingerprint density at radius 1 is 0.900 bits per heavy atom. The van der Waals surface area contributed by atoms with Crippen molar-refractivity contribution in [3.05, 3.63) is 69.7 Å². The number of halogens is 1. The lowest BCUT2D eigenvalue weighted by atomic mass is 9.91. The summed E-state index contributed by atoms with van der Waals surface area (Å²) in [4.78, 5) is 0. The summed E-state index contributed by atoms with van der Waals surface area (Å²) in [6.45, 7) is 4.53. The summed E-state index contributed by atoms with van der Waals surface area (Å²) in [7, 11) is 0. The van der Waals surface area contributed by atoms with Crippen molar-refractivity contribution < 1.29 is 0 Å².